The largest absolute Gasteiger partial charge is 0.309 e. The fourth-order valence-corrected chi connectivity index (χ4v) is 4.07. The van der Waals surface area contributed by atoms with E-state index >= 15 is 0 Å². The summed E-state index contributed by atoms with van der Waals surface area (Å²) in [5.41, 5.74) is 1.49. The summed E-state index contributed by atoms with van der Waals surface area (Å²) in [7, 11) is 0. The van der Waals surface area contributed by atoms with Crippen LogP contribution < -0.4 is 5.32 Å². The first-order valence-corrected chi connectivity index (χ1v) is 6.05. The minimum absolute atomic E-state index is 0.626. The van der Waals surface area contributed by atoms with Crippen LogP contribution in [0, 0.1) is 5.92 Å². The van der Waals surface area contributed by atoms with Crippen molar-refractivity contribution in [1.82, 2.24) is 5.32 Å². The highest BCUT2D eigenvalue weighted by Crippen LogP contribution is 2.44. The van der Waals surface area contributed by atoms with E-state index in [4.69, 9.17) is 11.6 Å². The first-order valence-electron chi connectivity index (χ1n) is 4.86. The lowest BCUT2D eigenvalue weighted by Crippen LogP contribution is -2.21. The van der Waals surface area contributed by atoms with Crippen molar-refractivity contribution in [3.8, 4) is 0 Å². The molecular weight excluding hydrogens is 202 g/mol. The number of rotatable bonds is 0. The number of hydrogen-bond acceptors (Lipinski definition) is 2. The van der Waals surface area contributed by atoms with Gasteiger partial charge >= 0.3 is 0 Å². The fourth-order valence-electron chi connectivity index (χ4n) is 2.58. The highest BCUT2D eigenvalue weighted by molar-refractivity contribution is 7.16. The lowest BCUT2D eigenvalue weighted by atomic mass is 9.86. The van der Waals surface area contributed by atoms with Crippen molar-refractivity contribution in [1.29, 1.82) is 0 Å². The molecule has 1 N–H and O–H groups in total. The number of aryl methyl sites for hydroxylation is 1. The van der Waals surface area contributed by atoms with Gasteiger partial charge in [-0.25, -0.2) is 0 Å². The Morgan fingerprint density at radius 1 is 1.46 bits per heavy atom. The van der Waals surface area contributed by atoms with Gasteiger partial charge < -0.3 is 5.32 Å². The zero-order valence-electron chi connectivity index (χ0n) is 7.35. The maximum Gasteiger partial charge on any atom is 0.0934 e. The maximum absolute atomic E-state index is 6.03. The summed E-state index contributed by atoms with van der Waals surface area (Å²) in [4.78, 5) is 1.51. The molecule has 2 atom stereocenters. The van der Waals surface area contributed by atoms with Gasteiger partial charge in [-0.05, 0) is 43.4 Å². The molecule has 0 radical (unpaired) electrons. The van der Waals surface area contributed by atoms with E-state index in [2.05, 4.69) is 11.4 Å². The Morgan fingerprint density at radius 3 is 3.31 bits per heavy atom. The zero-order chi connectivity index (χ0) is 8.84. The molecule has 1 aliphatic heterocycles. The molecule has 1 saturated heterocycles. The highest BCUT2D eigenvalue weighted by atomic mass is 35.5. The standard InChI is InChI=1S/C10H12ClNS/c11-8-5-7-2-1-6-3-4-12-9(6)10(7)13-8/h5-6,9,12H,1-4H2. The molecule has 0 saturated carbocycles. The van der Waals surface area contributed by atoms with Crippen molar-refractivity contribution in [3.63, 3.8) is 0 Å². The van der Waals surface area contributed by atoms with Gasteiger partial charge in [0.15, 0.2) is 0 Å². The van der Waals surface area contributed by atoms with Crippen LogP contribution in [0.3, 0.4) is 0 Å². The molecule has 70 valence electrons. The van der Waals surface area contributed by atoms with Crippen LogP contribution in [0.15, 0.2) is 6.07 Å². The number of thiophene rings is 1. The van der Waals surface area contributed by atoms with Gasteiger partial charge in [-0.2, -0.15) is 0 Å². The third-order valence-electron chi connectivity index (χ3n) is 3.23. The zero-order valence-corrected chi connectivity index (χ0v) is 8.92. The maximum atomic E-state index is 6.03. The minimum atomic E-state index is 0.626. The molecule has 2 heterocycles. The first kappa shape index (κ1) is 8.27. The topological polar surface area (TPSA) is 12.0 Å². The van der Waals surface area contributed by atoms with Crippen molar-refractivity contribution in [2.24, 2.45) is 5.92 Å². The fraction of sp³-hybridized carbons (Fsp3) is 0.600. The Labute approximate surface area is 87.1 Å². The molecule has 0 spiro atoms. The molecule has 0 amide bonds. The van der Waals surface area contributed by atoms with E-state index in [0.717, 1.165) is 10.3 Å². The third-order valence-corrected chi connectivity index (χ3v) is 4.62. The third kappa shape index (κ3) is 1.24. The van der Waals surface area contributed by atoms with Gasteiger partial charge in [-0.1, -0.05) is 11.6 Å². The molecule has 0 aromatic carbocycles. The normalized spacial score (nSPS) is 31.5. The number of halogens is 1. The summed E-state index contributed by atoms with van der Waals surface area (Å²) in [6.07, 6.45) is 3.93. The van der Waals surface area contributed by atoms with E-state index in [1.54, 1.807) is 11.3 Å². The molecule has 1 fully saturated rings. The van der Waals surface area contributed by atoms with E-state index in [-0.39, 0.29) is 0 Å². The summed E-state index contributed by atoms with van der Waals surface area (Å²) in [5.74, 6) is 0.877. The molecule has 1 nitrogen and oxygen atoms in total. The van der Waals surface area contributed by atoms with Crippen molar-refractivity contribution < 1.29 is 0 Å². The molecule has 3 heteroatoms. The second-order valence-electron chi connectivity index (χ2n) is 3.96. The smallest absolute Gasteiger partial charge is 0.0934 e. The summed E-state index contributed by atoms with van der Waals surface area (Å²) in [5, 5.41) is 3.58. The van der Waals surface area contributed by atoms with Crippen LogP contribution in [0.25, 0.3) is 0 Å². The van der Waals surface area contributed by atoms with Gasteiger partial charge in [0.2, 0.25) is 0 Å². The molecular formula is C10H12ClNS. The van der Waals surface area contributed by atoms with E-state index in [1.165, 1.54) is 36.2 Å². The number of fused-ring (bicyclic) bond motifs is 3. The van der Waals surface area contributed by atoms with Gasteiger partial charge in [0.05, 0.1) is 4.34 Å². The van der Waals surface area contributed by atoms with Crippen LogP contribution in [0.5, 0.6) is 0 Å². The molecule has 3 rings (SSSR count). The predicted molar refractivity (Wildman–Crippen MR) is 56.5 cm³/mol. The second-order valence-corrected chi connectivity index (χ2v) is 5.67. The summed E-state index contributed by atoms with van der Waals surface area (Å²) < 4.78 is 0.958. The predicted octanol–water partition coefficient (Wildman–Crippen LogP) is 3.00. The number of hydrogen-bond donors (Lipinski definition) is 1. The highest BCUT2D eigenvalue weighted by Gasteiger charge is 2.34. The van der Waals surface area contributed by atoms with Crippen molar-refractivity contribution in [2.45, 2.75) is 25.3 Å². The van der Waals surface area contributed by atoms with E-state index < -0.39 is 0 Å². The molecule has 1 aromatic heterocycles. The molecule has 1 aromatic rings. The lowest BCUT2D eigenvalue weighted by Gasteiger charge is -2.24. The first-order chi connectivity index (χ1) is 6.34. The molecule has 13 heavy (non-hydrogen) atoms. The van der Waals surface area contributed by atoms with Gasteiger partial charge in [0, 0.05) is 10.9 Å². The Hall–Kier alpha value is -0.0500. The Bertz CT molecular complexity index is 334. The van der Waals surface area contributed by atoms with E-state index in [9.17, 15) is 0 Å². The van der Waals surface area contributed by atoms with Crippen LogP contribution in [0.4, 0.5) is 0 Å². The summed E-state index contributed by atoms with van der Waals surface area (Å²) in [6, 6.07) is 2.78. The lowest BCUT2D eigenvalue weighted by molar-refractivity contribution is 0.412. The van der Waals surface area contributed by atoms with Gasteiger partial charge in [0.25, 0.3) is 0 Å². The van der Waals surface area contributed by atoms with Crippen LogP contribution in [-0.4, -0.2) is 6.54 Å². The monoisotopic (exact) mass is 213 g/mol. The molecule has 2 unspecified atom stereocenters. The SMILES string of the molecule is Clc1cc2c(s1)C1NCCC1CC2. The van der Waals surface area contributed by atoms with Crippen molar-refractivity contribution in [3.05, 3.63) is 20.8 Å². The molecule has 2 aliphatic rings. The Morgan fingerprint density at radius 2 is 2.38 bits per heavy atom. The Kier molecular flexibility index (Phi) is 1.89. The van der Waals surface area contributed by atoms with Crippen LogP contribution in [-0.2, 0) is 6.42 Å². The summed E-state index contributed by atoms with van der Waals surface area (Å²) in [6.45, 7) is 1.18. The number of nitrogens with one attached hydrogen (secondary N) is 1. The minimum Gasteiger partial charge on any atom is -0.309 e. The van der Waals surface area contributed by atoms with E-state index in [1.807, 2.05) is 0 Å². The molecule has 1 aliphatic carbocycles. The van der Waals surface area contributed by atoms with Crippen LogP contribution >= 0.6 is 22.9 Å². The quantitative estimate of drug-likeness (QED) is 0.699. The van der Waals surface area contributed by atoms with Crippen LogP contribution in [0.1, 0.15) is 29.3 Å². The van der Waals surface area contributed by atoms with Crippen molar-refractivity contribution >= 4 is 22.9 Å². The van der Waals surface area contributed by atoms with Gasteiger partial charge in [0.1, 0.15) is 0 Å². The Balaban J connectivity index is 2.05. The van der Waals surface area contributed by atoms with Gasteiger partial charge in [-0.3, -0.25) is 0 Å². The summed E-state index contributed by atoms with van der Waals surface area (Å²) >= 11 is 7.80. The van der Waals surface area contributed by atoms with Gasteiger partial charge in [-0.15, -0.1) is 11.3 Å². The van der Waals surface area contributed by atoms with Crippen molar-refractivity contribution in [2.75, 3.05) is 6.54 Å². The van der Waals surface area contributed by atoms with Crippen LogP contribution in [0.2, 0.25) is 4.34 Å². The molecule has 0 bridgehead atoms. The average Bonchev–Trinajstić information content (AvgIpc) is 2.65. The van der Waals surface area contributed by atoms with E-state index in [0.29, 0.717) is 6.04 Å². The second kappa shape index (κ2) is 2.97. The average molecular weight is 214 g/mol.